The third kappa shape index (κ3) is 3.81. The highest BCUT2D eigenvalue weighted by atomic mass is 32.1. The van der Waals surface area contributed by atoms with Gasteiger partial charge in [-0.1, -0.05) is 12.1 Å². The molecule has 0 aliphatic heterocycles. The maximum absolute atomic E-state index is 13.1. The van der Waals surface area contributed by atoms with E-state index in [1.807, 2.05) is 64.0 Å². The van der Waals surface area contributed by atoms with E-state index in [2.05, 4.69) is 0 Å². The van der Waals surface area contributed by atoms with Crippen molar-refractivity contribution in [2.24, 2.45) is 0 Å². The number of ether oxygens (including phenoxy) is 1. The van der Waals surface area contributed by atoms with E-state index < -0.39 is 0 Å². The van der Waals surface area contributed by atoms with Gasteiger partial charge in [0.05, 0.1) is 18.5 Å². The van der Waals surface area contributed by atoms with Crippen LogP contribution < -0.4 is 10.3 Å². The molecule has 0 spiro atoms. The van der Waals surface area contributed by atoms with E-state index >= 15 is 0 Å². The number of hydrogen-bond acceptors (Lipinski definition) is 5. The smallest absolute Gasteiger partial charge is 0.262 e. The summed E-state index contributed by atoms with van der Waals surface area (Å²) >= 11 is 1.59. The van der Waals surface area contributed by atoms with Crippen LogP contribution in [0.1, 0.15) is 21.8 Å². The summed E-state index contributed by atoms with van der Waals surface area (Å²) in [4.78, 5) is 21.9. The molecular formula is C20H25N3O2S. The first-order valence-corrected chi connectivity index (χ1v) is 9.52. The molecule has 0 amide bonds. The van der Waals surface area contributed by atoms with E-state index in [1.54, 1.807) is 15.9 Å². The van der Waals surface area contributed by atoms with Crippen molar-refractivity contribution in [2.45, 2.75) is 33.9 Å². The predicted molar refractivity (Wildman–Crippen MR) is 107 cm³/mol. The van der Waals surface area contributed by atoms with E-state index in [9.17, 15) is 4.79 Å². The average Bonchev–Trinajstić information content (AvgIpc) is 2.84. The minimum absolute atomic E-state index is 0.0292. The van der Waals surface area contributed by atoms with Gasteiger partial charge in [0.25, 0.3) is 5.56 Å². The summed E-state index contributed by atoms with van der Waals surface area (Å²) in [5.41, 5.74) is 2.22. The standard InChI is InChI=1S/C20H25N3O2S/c1-13-7-6-8-16(11-13)25-10-9-23-17(12-22(4)5)21-19-18(20(23)24)14(2)15(3)26-19/h6-8,11H,9-10,12H2,1-5H3. The fraction of sp³-hybridized carbons (Fsp3) is 0.400. The summed E-state index contributed by atoms with van der Waals surface area (Å²) in [6.07, 6.45) is 0. The lowest BCUT2D eigenvalue weighted by atomic mass is 10.2. The first-order valence-electron chi connectivity index (χ1n) is 8.70. The lowest BCUT2D eigenvalue weighted by molar-refractivity contribution is 0.287. The zero-order valence-electron chi connectivity index (χ0n) is 16.0. The number of aryl methyl sites for hydroxylation is 3. The van der Waals surface area contributed by atoms with Gasteiger partial charge in [-0.25, -0.2) is 4.98 Å². The Morgan fingerprint density at radius 3 is 2.69 bits per heavy atom. The molecule has 0 radical (unpaired) electrons. The van der Waals surface area contributed by atoms with Crippen molar-refractivity contribution in [3.05, 3.63) is 56.4 Å². The molecule has 3 aromatic rings. The van der Waals surface area contributed by atoms with Gasteiger partial charge >= 0.3 is 0 Å². The van der Waals surface area contributed by atoms with Crippen LogP contribution in [0, 0.1) is 20.8 Å². The van der Waals surface area contributed by atoms with Gasteiger partial charge in [0.15, 0.2) is 0 Å². The van der Waals surface area contributed by atoms with Crippen LogP contribution in [0.3, 0.4) is 0 Å². The fourth-order valence-corrected chi connectivity index (χ4v) is 4.00. The molecule has 0 fully saturated rings. The van der Waals surface area contributed by atoms with Crippen LogP contribution in [0.15, 0.2) is 29.1 Å². The molecule has 1 aromatic carbocycles. The summed E-state index contributed by atoms with van der Waals surface area (Å²) in [5.74, 6) is 1.60. The van der Waals surface area contributed by atoms with Gasteiger partial charge in [-0.15, -0.1) is 11.3 Å². The summed E-state index contributed by atoms with van der Waals surface area (Å²) < 4.78 is 7.62. The Hall–Kier alpha value is -2.18. The quantitative estimate of drug-likeness (QED) is 0.665. The SMILES string of the molecule is Cc1cccc(OCCn2c(CN(C)C)nc3sc(C)c(C)c3c2=O)c1. The number of thiophene rings is 1. The minimum atomic E-state index is 0.0292. The van der Waals surface area contributed by atoms with Crippen LogP contribution in [-0.2, 0) is 13.1 Å². The van der Waals surface area contributed by atoms with Gasteiger partial charge in [-0.2, -0.15) is 0 Å². The van der Waals surface area contributed by atoms with E-state index in [0.29, 0.717) is 19.7 Å². The van der Waals surface area contributed by atoms with Crippen LogP contribution in [0.4, 0.5) is 0 Å². The van der Waals surface area contributed by atoms with Crippen molar-refractivity contribution in [2.75, 3.05) is 20.7 Å². The largest absolute Gasteiger partial charge is 0.492 e. The van der Waals surface area contributed by atoms with E-state index in [4.69, 9.17) is 9.72 Å². The van der Waals surface area contributed by atoms with Crippen molar-refractivity contribution < 1.29 is 4.74 Å². The van der Waals surface area contributed by atoms with Crippen molar-refractivity contribution in [1.29, 1.82) is 0 Å². The maximum Gasteiger partial charge on any atom is 0.262 e. The molecule has 0 aliphatic rings. The lowest BCUT2D eigenvalue weighted by Gasteiger charge is -2.16. The first kappa shape index (κ1) is 18.6. The molecule has 2 heterocycles. The highest BCUT2D eigenvalue weighted by molar-refractivity contribution is 7.18. The summed E-state index contributed by atoms with van der Waals surface area (Å²) in [6, 6.07) is 7.94. The van der Waals surface area contributed by atoms with Gasteiger partial charge in [-0.05, 0) is 58.1 Å². The average molecular weight is 372 g/mol. The molecule has 0 saturated heterocycles. The molecule has 2 aromatic heterocycles. The highest BCUT2D eigenvalue weighted by Crippen LogP contribution is 2.26. The molecule has 0 unspecified atom stereocenters. The van der Waals surface area contributed by atoms with Crippen LogP contribution in [0.5, 0.6) is 5.75 Å². The van der Waals surface area contributed by atoms with Crippen LogP contribution in [0.25, 0.3) is 10.2 Å². The molecule has 138 valence electrons. The van der Waals surface area contributed by atoms with Crippen molar-refractivity contribution in [3.63, 3.8) is 0 Å². The zero-order valence-corrected chi connectivity index (χ0v) is 16.8. The number of benzene rings is 1. The van der Waals surface area contributed by atoms with Crippen LogP contribution in [0.2, 0.25) is 0 Å². The molecule has 0 atom stereocenters. The summed E-state index contributed by atoms with van der Waals surface area (Å²) in [5, 5.41) is 0.741. The fourth-order valence-electron chi connectivity index (χ4n) is 2.96. The summed E-state index contributed by atoms with van der Waals surface area (Å²) in [7, 11) is 3.96. The molecule has 0 bridgehead atoms. The number of nitrogens with zero attached hydrogens (tertiary/aromatic N) is 3. The maximum atomic E-state index is 13.1. The second-order valence-electron chi connectivity index (χ2n) is 6.85. The molecule has 6 heteroatoms. The Balaban J connectivity index is 1.93. The first-order chi connectivity index (χ1) is 12.4. The van der Waals surface area contributed by atoms with Crippen LogP contribution in [-0.4, -0.2) is 35.2 Å². The Labute approximate surface area is 157 Å². The Bertz CT molecular complexity index is 989. The number of rotatable bonds is 6. The number of fused-ring (bicyclic) bond motifs is 1. The number of hydrogen-bond donors (Lipinski definition) is 0. The van der Waals surface area contributed by atoms with Gasteiger partial charge in [0, 0.05) is 4.88 Å². The summed E-state index contributed by atoms with van der Waals surface area (Å²) in [6.45, 7) is 7.60. The minimum Gasteiger partial charge on any atom is -0.492 e. The highest BCUT2D eigenvalue weighted by Gasteiger charge is 2.16. The molecule has 0 aliphatic carbocycles. The van der Waals surface area contributed by atoms with Crippen molar-refractivity contribution in [3.8, 4) is 5.75 Å². The predicted octanol–water partition coefficient (Wildman–Crippen LogP) is 3.52. The Morgan fingerprint density at radius 1 is 1.23 bits per heavy atom. The molecule has 5 nitrogen and oxygen atoms in total. The monoisotopic (exact) mass is 371 g/mol. The van der Waals surface area contributed by atoms with Crippen molar-refractivity contribution >= 4 is 21.6 Å². The second kappa shape index (κ2) is 7.60. The Morgan fingerprint density at radius 2 is 2.00 bits per heavy atom. The molecule has 3 rings (SSSR count). The normalized spacial score (nSPS) is 11.5. The van der Waals surface area contributed by atoms with Crippen LogP contribution >= 0.6 is 11.3 Å². The second-order valence-corrected chi connectivity index (χ2v) is 8.05. The zero-order chi connectivity index (χ0) is 18.8. The third-order valence-corrected chi connectivity index (χ3v) is 5.50. The van der Waals surface area contributed by atoms with Gasteiger partial charge in [0.1, 0.15) is 23.0 Å². The molecule has 0 saturated carbocycles. The van der Waals surface area contributed by atoms with Gasteiger partial charge < -0.3 is 9.64 Å². The topological polar surface area (TPSA) is 47.4 Å². The third-order valence-electron chi connectivity index (χ3n) is 4.40. The molecular weight excluding hydrogens is 346 g/mol. The van der Waals surface area contributed by atoms with E-state index in [-0.39, 0.29) is 5.56 Å². The van der Waals surface area contributed by atoms with E-state index in [0.717, 1.165) is 37.8 Å². The van der Waals surface area contributed by atoms with E-state index in [1.165, 1.54) is 0 Å². The Kier molecular flexibility index (Phi) is 5.44. The number of aromatic nitrogens is 2. The van der Waals surface area contributed by atoms with Crippen molar-refractivity contribution in [1.82, 2.24) is 14.5 Å². The van der Waals surface area contributed by atoms with Gasteiger partial charge in [0.2, 0.25) is 0 Å². The lowest BCUT2D eigenvalue weighted by Crippen LogP contribution is -2.30. The molecule has 26 heavy (non-hydrogen) atoms. The van der Waals surface area contributed by atoms with Gasteiger partial charge in [-0.3, -0.25) is 9.36 Å². The molecule has 0 N–H and O–H groups in total.